The van der Waals surface area contributed by atoms with Crippen molar-refractivity contribution >= 4 is 17.3 Å². The molecule has 0 spiro atoms. The van der Waals surface area contributed by atoms with Crippen molar-refractivity contribution < 1.29 is 27.1 Å². The van der Waals surface area contributed by atoms with Gasteiger partial charge < -0.3 is 9.57 Å². The first kappa shape index (κ1) is 22.2. The number of hydrogen-bond donors (Lipinski definition) is 0. The maximum atomic E-state index is 14.7. The van der Waals surface area contributed by atoms with Gasteiger partial charge in [0.15, 0.2) is 11.4 Å². The molecule has 0 saturated heterocycles. The fraction of sp³-hybridized carbons (Fsp3) is 0.167. The molecule has 0 saturated carbocycles. The van der Waals surface area contributed by atoms with Gasteiger partial charge in [-0.15, -0.1) is 0 Å². The number of benzene rings is 1. The molecule has 162 valence electrons. The van der Waals surface area contributed by atoms with E-state index in [1.165, 1.54) is 32.3 Å². The van der Waals surface area contributed by atoms with Gasteiger partial charge in [0.05, 0.1) is 16.4 Å². The molecule has 13 heteroatoms. The van der Waals surface area contributed by atoms with E-state index in [0.717, 1.165) is 12.1 Å². The lowest BCUT2D eigenvalue weighted by molar-refractivity contribution is -0.141. The first-order chi connectivity index (χ1) is 14.6. The van der Waals surface area contributed by atoms with Gasteiger partial charge in [0.2, 0.25) is 0 Å². The van der Waals surface area contributed by atoms with E-state index < -0.39 is 34.9 Å². The number of alkyl halides is 3. The van der Waals surface area contributed by atoms with Crippen molar-refractivity contribution in [3.63, 3.8) is 0 Å². The van der Waals surface area contributed by atoms with E-state index in [-0.39, 0.29) is 22.8 Å². The average Bonchev–Trinajstić information content (AvgIpc) is 2.68. The largest absolute Gasteiger partial charge is 0.433 e. The van der Waals surface area contributed by atoms with Gasteiger partial charge in [0.1, 0.15) is 5.82 Å². The zero-order valence-corrected chi connectivity index (χ0v) is 16.6. The third kappa shape index (κ3) is 5.15. The van der Waals surface area contributed by atoms with Crippen LogP contribution in [0.15, 0.2) is 46.6 Å². The molecule has 0 N–H and O–H groups in total. The molecule has 2 heterocycles. The van der Waals surface area contributed by atoms with Gasteiger partial charge in [0, 0.05) is 24.5 Å². The van der Waals surface area contributed by atoms with Gasteiger partial charge >= 0.3 is 18.2 Å². The second-order valence-corrected chi connectivity index (χ2v) is 6.50. The zero-order chi connectivity index (χ0) is 22.8. The van der Waals surface area contributed by atoms with E-state index >= 15 is 0 Å². The van der Waals surface area contributed by atoms with Crippen molar-refractivity contribution in [2.75, 3.05) is 0 Å². The Hall–Kier alpha value is -3.54. The van der Waals surface area contributed by atoms with Crippen molar-refractivity contribution in [1.82, 2.24) is 19.5 Å². The maximum Gasteiger partial charge on any atom is 0.433 e. The first-order valence-corrected chi connectivity index (χ1v) is 8.78. The molecular formula is C18H12ClF4N5O3. The highest BCUT2D eigenvalue weighted by atomic mass is 35.5. The van der Waals surface area contributed by atoms with Gasteiger partial charge in [-0.25, -0.2) is 18.9 Å². The molecular weight excluding hydrogens is 446 g/mol. The Bertz CT molecular complexity index is 1200. The van der Waals surface area contributed by atoms with Crippen LogP contribution < -0.4 is 15.1 Å². The number of nitrogens with zero attached hydrogens (tertiary/aromatic N) is 5. The van der Waals surface area contributed by atoms with Crippen LogP contribution in [0.2, 0.25) is 5.02 Å². The SMILES string of the molecule is CC(C)=NOc1nc(C(F)(F)F)cc(=O)n1-c1cc(Oc2ncccn2)c(Cl)cc1F. The number of ether oxygens (including phenoxy) is 1. The van der Waals surface area contributed by atoms with E-state index in [9.17, 15) is 22.4 Å². The predicted octanol–water partition coefficient (Wildman–Crippen LogP) is 4.40. The van der Waals surface area contributed by atoms with Crippen LogP contribution in [0.25, 0.3) is 5.69 Å². The van der Waals surface area contributed by atoms with Crippen molar-refractivity contribution in [2.24, 2.45) is 5.16 Å². The molecule has 0 radical (unpaired) electrons. The van der Waals surface area contributed by atoms with Gasteiger partial charge in [-0.2, -0.15) is 18.2 Å². The Morgan fingerprint density at radius 3 is 2.45 bits per heavy atom. The molecule has 8 nitrogen and oxygen atoms in total. The van der Waals surface area contributed by atoms with Gasteiger partial charge in [-0.3, -0.25) is 4.79 Å². The molecule has 1 aromatic carbocycles. The fourth-order valence-electron chi connectivity index (χ4n) is 2.23. The van der Waals surface area contributed by atoms with Crippen molar-refractivity contribution in [3.05, 3.63) is 63.5 Å². The van der Waals surface area contributed by atoms with Crippen LogP contribution in [0, 0.1) is 5.82 Å². The molecule has 0 unspecified atom stereocenters. The van der Waals surface area contributed by atoms with E-state index in [1.54, 1.807) is 0 Å². The number of aromatic nitrogens is 4. The molecule has 31 heavy (non-hydrogen) atoms. The Kier molecular flexibility index (Phi) is 6.20. The summed E-state index contributed by atoms with van der Waals surface area (Å²) in [4.78, 5) is 28.3. The average molecular weight is 458 g/mol. The molecule has 0 amide bonds. The lowest BCUT2D eigenvalue weighted by Gasteiger charge is -2.15. The molecule has 0 bridgehead atoms. The van der Waals surface area contributed by atoms with Crippen LogP contribution in [-0.2, 0) is 6.18 Å². The highest BCUT2D eigenvalue weighted by molar-refractivity contribution is 6.32. The van der Waals surface area contributed by atoms with Crippen molar-refractivity contribution in [3.8, 4) is 23.5 Å². The topological polar surface area (TPSA) is 91.5 Å². The summed E-state index contributed by atoms with van der Waals surface area (Å²) in [5, 5.41) is 3.31. The van der Waals surface area contributed by atoms with Crippen LogP contribution >= 0.6 is 11.6 Å². The van der Waals surface area contributed by atoms with Gasteiger partial charge in [-0.1, -0.05) is 16.8 Å². The Morgan fingerprint density at radius 2 is 1.84 bits per heavy atom. The summed E-state index contributed by atoms with van der Waals surface area (Å²) < 4.78 is 59.8. The molecule has 3 aromatic rings. The predicted molar refractivity (Wildman–Crippen MR) is 101 cm³/mol. The third-order valence-electron chi connectivity index (χ3n) is 3.47. The van der Waals surface area contributed by atoms with Crippen LogP contribution in [0.3, 0.4) is 0 Å². The summed E-state index contributed by atoms with van der Waals surface area (Å²) in [6.07, 6.45) is -2.19. The number of oxime groups is 1. The summed E-state index contributed by atoms with van der Waals surface area (Å²) in [5.74, 6) is -1.23. The second kappa shape index (κ2) is 8.68. The Balaban J connectivity index is 2.20. The van der Waals surface area contributed by atoms with Crippen LogP contribution in [0.1, 0.15) is 19.5 Å². The molecule has 0 fully saturated rings. The first-order valence-electron chi connectivity index (χ1n) is 8.40. The number of rotatable bonds is 5. The van der Waals surface area contributed by atoms with Crippen LogP contribution in [-0.4, -0.2) is 25.2 Å². The van der Waals surface area contributed by atoms with Crippen LogP contribution in [0.5, 0.6) is 17.8 Å². The molecule has 3 rings (SSSR count). The number of halogens is 5. The highest BCUT2D eigenvalue weighted by Gasteiger charge is 2.35. The molecule has 2 aromatic heterocycles. The standard InChI is InChI=1S/C18H12ClF4N5O3/c1-9(2)27-31-17-26-14(18(21,22)23)8-15(29)28(17)12-7-13(10(19)6-11(12)20)30-16-24-4-3-5-25-16/h3-8H,1-2H3. The Labute approximate surface area is 176 Å². The second-order valence-electron chi connectivity index (χ2n) is 6.09. The van der Waals surface area contributed by atoms with Crippen molar-refractivity contribution in [1.29, 1.82) is 0 Å². The highest BCUT2D eigenvalue weighted by Crippen LogP contribution is 2.34. The summed E-state index contributed by atoms with van der Waals surface area (Å²) in [7, 11) is 0. The summed E-state index contributed by atoms with van der Waals surface area (Å²) in [5.41, 5.74) is -3.04. The minimum atomic E-state index is -4.95. The molecule has 0 aliphatic heterocycles. The maximum absolute atomic E-state index is 14.7. The van der Waals surface area contributed by atoms with E-state index in [4.69, 9.17) is 21.2 Å². The summed E-state index contributed by atoms with van der Waals surface area (Å²) >= 11 is 5.98. The minimum absolute atomic E-state index is 0.137. The van der Waals surface area contributed by atoms with E-state index in [2.05, 4.69) is 20.1 Å². The van der Waals surface area contributed by atoms with Gasteiger partial charge in [-0.05, 0) is 26.0 Å². The summed E-state index contributed by atoms with van der Waals surface area (Å²) in [6.45, 7) is 2.98. The Morgan fingerprint density at radius 1 is 1.16 bits per heavy atom. The smallest absolute Gasteiger partial charge is 0.423 e. The minimum Gasteiger partial charge on any atom is -0.423 e. The number of hydrogen-bond acceptors (Lipinski definition) is 7. The van der Waals surface area contributed by atoms with E-state index in [0.29, 0.717) is 10.3 Å². The van der Waals surface area contributed by atoms with Gasteiger partial charge in [0.25, 0.3) is 5.56 Å². The molecule has 0 atom stereocenters. The quantitative estimate of drug-likeness (QED) is 0.320. The lowest BCUT2D eigenvalue weighted by Crippen LogP contribution is -2.25. The third-order valence-corrected chi connectivity index (χ3v) is 3.77. The monoisotopic (exact) mass is 457 g/mol. The summed E-state index contributed by atoms with van der Waals surface area (Å²) in [6, 6.07) is 2.45. The normalized spacial score (nSPS) is 11.2. The lowest BCUT2D eigenvalue weighted by atomic mass is 10.2. The zero-order valence-electron chi connectivity index (χ0n) is 15.8. The fourth-order valence-corrected chi connectivity index (χ4v) is 2.41. The van der Waals surface area contributed by atoms with Crippen molar-refractivity contribution in [2.45, 2.75) is 20.0 Å². The molecule has 0 aliphatic carbocycles. The molecule has 0 aliphatic rings. The van der Waals surface area contributed by atoms with E-state index in [1.807, 2.05) is 0 Å². The van der Waals surface area contributed by atoms with Crippen LogP contribution in [0.4, 0.5) is 17.6 Å².